The van der Waals surface area contributed by atoms with Crippen LogP contribution in [0.2, 0.25) is 0 Å². The van der Waals surface area contributed by atoms with Gasteiger partial charge in [0.05, 0.1) is 12.1 Å². The SMILES string of the molecule is Cl.O=C(NCCc1cccc(F)c1)C1CC(O)CN1. The third-order valence-electron chi connectivity index (χ3n) is 3.03. The molecule has 2 rings (SSSR count). The van der Waals surface area contributed by atoms with Crippen molar-refractivity contribution in [3.8, 4) is 0 Å². The van der Waals surface area contributed by atoms with Crippen molar-refractivity contribution in [2.24, 2.45) is 0 Å². The van der Waals surface area contributed by atoms with Crippen LogP contribution in [0.3, 0.4) is 0 Å². The Morgan fingerprint density at radius 3 is 2.95 bits per heavy atom. The van der Waals surface area contributed by atoms with Crippen LogP contribution in [-0.2, 0) is 11.2 Å². The molecule has 2 unspecified atom stereocenters. The first-order valence-corrected chi connectivity index (χ1v) is 6.09. The van der Waals surface area contributed by atoms with E-state index >= 15 is 0 Å². The van der Waals surface area contributed by atoms with Gasteiger partial charge in [-0.1, -0.05) is 12.1 Å². The molecule has 1 aromatic carbocycles. The van der Waals surface area contributed by atoms with Crippen LogP contribution in [0.1, 0.15) is 12.0 Å². The summed E-state index contributed by atoms with van der Waals surface area (Å²) in [4.78, 5) is 11.7. The van der Waals surface area contributed by atoms with E-state index in [4.69, 9.17) is 0 Å². The van der Waals surface area contributed by atoms with Gasteiger partial charge in [-0.2, -0.15) is 0 Å². The second-order valence-corrected chi connectivity index (χ2v) is 4.52. The minimum absolute atomic E-state index is 0. The molecule has 4 nitrogen and oxygen atoms in total. The average molecular weight is 289 g/mol. The van der Waals surface area contributed by atoms with Crippen LogP contribution < -0.4 is 10.6 Å². The lowest BCUT2D eigenvalue weighted by molar-refractivity contribution is -0.122. The molecule has 1 heterocycles. The largest absolute Gasteiger partial charge is 0.392 e. The highest BCUT2D eigenvalue weighted by Crippen LogP contribution is 2.06. The summed E-state index contributed by atoms with van der Waals surface area (Å²) in [5, 5.41) is 15.0. The standard InChI is InChI=1S/C13H17FN2O2.ClH/c14-10-3-1-2-9(6-10)4-5-15-13(18)12-7-11(17)8-16-12;/h1-3,6,11-12,16-17H,4-5,7-8H2,(H,15,18);1H. The lowest BCUT2D eigenvalue weighted by Gasteiger charge is -2.10. The van der Waals surface area contributed by atoms with Gasteiger partial charge in [-0.25, -0.2) is 4.39 Å². The second-order valence-electron chi connectivity index (χ2n) is 4.52. The molecule has 0 radical (unpaired) electrons. The monoisotopic (exact) mass is 288 g/mol. The van der Waals surface area contributed by atoms with E-state index in [1.807, 2.05) is 6.07 Å². The summed E-state index contributed by atoms with van der Waals surface area (Å²) in [6, 6.07) is 6.02. The number of amides is 1. The number of rotatable bonds is 4. The lowest BCUT2D eigenvalue weighted by Crippen LogP contribution is -2.41. The maximum Gasteiger partial charge on any atom is 0.237 e. The van der Waals surface area contributed by atoms with Crippen molar-refractivity contribution in [3.63, 3.8) is 0 Å². The van der Waals surface area contributed by atoms with Crippen LogP contribution in [0.5, 0.6) is 0 Å². The summed E-state index contributed by atoms with van der Waals surface area (Å²) in [7, 11) is 0. The zero-order chi connectivity index (χ0) is 13.0. The Balaban J connectivity index is 0.00000180. The number of hydrogen-bond acceptors (Lipinski definition) is 3. The Bertz CT molecular complexity index is 431. The Kier molecular flexibility index (Phi) is 6.21. The average Bonchev–Trinajstić information content (AvgIpc) is 2.76. The fourth-order valence-corrected chi connectivity index (χ4v) is 2.06. The molecule has 0 aliphatic carbocycles. The van der Waals surface area contributed by atoms with E-state index in [9.17, 15) is 14.3 Å². The van der Waals surface area contributed by atoms with Gasteiger partial charge in [-0.3, -0.25) is 4.79 Å². The van der Waals surface area contributed by atoms with Gasteiger partial charge in [0.1, 0.15) is 5.82 Å². The van der Waals surface area contributed by atoms with E-state index in [-0.39, 0.29) is 30.2 Å². The van der Waals surface area contributed by atoms with E-state index in [1.54, 1.807) is 6.07 Å². The van der Waals surface area contributed by atoms with Crippen LogP contribution in [0.25, 0.3) is 0 Å². The smallest absolute Gasteiger partial charge is 0.237 e. The predicted octanol–water partition coefficient (Wildman–Crippen LogP) is 0.629. The van der Waals surface area contributed by atoms with E-state index in [0.29, 0.717) is 25.9 Å². The second kappa shape index (κ2) is 7.43. The molecule has 106 valence electrons. The first-order chi connectivity index (χ1) is 8.65. The Labute approximate surface area is 117 Å². The molecule has 1 saturated heterocycles. The normalized spacial score (nSPS) is 21.8. The Hall–Kier alpha value is -1.17. The number of carbonyl (C=O) groups is 1. The molecule has 1 amide bonds. The van der Waals surface area contributed by atoms with Crippen molar-refractivity contribution in [2.75, 3.05) is 13.1 Å². The number of β-amino-alcohol motifs (C(OH)–C–C–N with tert-alkyl or cyclic N) is 1. The van der Waals surface area contributed by atoms with Crippen LogP contribution in [0, 0.1) is 5.82 Å². The van der Waals surface area contributed by atoms with Gasteiger partial charge in [0.25, 0.3) is 0 Å². The number of hydrogen-bond donors (Lipinski definition) is 3. The van der Waals surface area contributed by atoms with Gasteiger partial charge >= 0.3 is 0 Å². The molecule has 2 atom stereocenters. The molecule has 19 heavy (non-hydrogen) atoms. The first kappa shape index (κ1) is 15.9. The summed E-state index contributed by atoms with van der Waals surface area (Å²) >= 11 is 0. The molecule has 3 N–H and O–H groups in total. The molecule has 1 aliphatic rings. The van der Waals surface area contributed by atoms with Gasteiger partial charge < -0.3 is 15.7 Å². The fourth-order valence-electron chi connectivity index (χ4n) is 2.06. The molecule has 1 fully saturated rings. The van der Waals surface area contributed by atoms with Gasteiger partial charge in [0.15, 0.2) is 0 Å². The molecule has 0 spiro atoms. The molecule has 0 bridgehead atoms. The minimum atomic E-state index is -0.441. The summed E-state index contributed by atoms with van der Waals surface area (Å²) in [5.41, 5.74) is 0.856. The van der Waals surface area contributed by atoms with Gasteiger partial charge in [0.2, 0.25) is 5.91 Å². The number of carbonyl (C=O) groups excluding carboxylic acids is 1. The highest BCUT2D eigenvalue weighted by atomic mass is 35.5. The van der Waals surface area contributed by atoms with Gasteiger partial charge in [0, 0.05) is 13.1 Å². The highest BCUT2D eigenvalue weighted by Gasteiger charge is 2.27. The molecule has 1 aliphatic heterocycles. The number of halogens is 2. The van der Waals surface area contributed by atoms with Gasteiger partial charge in [-0.05, 0) is 30.5 Å². The van der Waals surface area contributed by atoms with Crippen LogP contribution >= 0.6 is 12.4 Å². The number of aliphatic hydroxyl groups excluding tert-OH is 1. The zero-order valence-corrected chi connectivity index (χ0v) is 11.3. The van der Waals surface area contributed by atoms with E-state index in [0.717, 1.165) is 5.56 Å². The Morgan fingerprint density at radius 1 is 1.53 bits per heavy atom. The van der Waals surface area contributed by atoms with Crippen LogP contribution in [0.4, 0.5) is 4.39 Å². The summed E-state index contributed by atoms with van der Waals surface area (Å²) in [6.45, 7) is 0.929. The summed E-state index contributed by atoms with van der Waals surface area (Å²) in [6.07, 6.45) is 0.605. The van der Waals surface area contributed by atoms with Crippen molar-refractivity contribution < 1.29 is 14.3 Å². The zero-order valence-electron chi connectivity index (χ0n) is 10.4. The molecule has 1 aromatic rings. The quantitative estimate of drug-likeness (QED) is 0.762. The topological polar surface area (TPSA) is 61.4 Å². The number of nitrogens with one attached hydrogen (secondary N) is 2. The van der Waals surface area contributed by atoms with Crippen LogP contribution in [-0.4, -0.2) is 36.2 Å². The lowest BCUT2D eigenvalue weighted by atomic mass is 10.1. The first-order valence-electron chi connectivity index (χ1n) is 6.09. The van der Waals surface area contributed by atoms with Crippen molar-refractivity contribution >= 4 is 18.3 Å². The van der Waals surface area contributed by atoms with Crippen molar-refractivity contribution in [1.82, 2.24) is 10.6 Å². The third-order valence-corrected chi connectivity index (χ3v) is 3.03. The number of aliphatic hydroxyl groups is 1. The fraction of sp³-hybridized carbons (Fsp3) is 0.462. The van der Waals surface area contributed by atoms with Gasteiger partial charge in [-0.15, -0.1) is 12.4 Å². The van der Waals surface area contributed by atoms with Crippen molar-refractivity contribution in [3.05, 3.63) is 35.6 Å². The van der Waals surface area contributed by atoms with Crippen molar-refractivity contribution in [1.29, 1.82) is 0 Å². The maximum absolute atomic E-state index is 12.9. The van der Waals surface area contributed by atoms with Crippen molar-refractivity contribution in [2.45, 2.75) is 25.0 Å². The Morgan fingerprint density at radius 2 is 2.32 bits per heavy atom. The molecular weight excluding hydrogens is 271 g/mol. The minimum Gasteiger partial charge on any atom is -0.392 e. The molecular formula is C13H18ClFN2O2. The number of benzene rings is 1. The maximum atomic E-state index is 12.9. The van der Waals surface area contributed by atoms with Crippen LogP contribution in [0.15, 0.2) is 24.3 Å². The molecule has 0 saturated carbocycles. The molecule has 6 heteroatoms. The predicted molar refractivity (Wildman–Crippen MR) is 72.8 cm³/mol. The third kappa shape index (κ3) is 4.78. The summed E-state index contributed by atoms with van der Waals surface area (Å²) < 4.78 is 12.9. The van der Waals surface area contributed by atoms with E-state index in [2.05, 4.69) is 10.6 Å². The van der Waals surface area contributed by atoms with E-state index < -0.39 is 6.10 Å². The van der Waals surface area contributed by atoms with E-state index in [1.165, 1.54) is 12.1 Å². The molecule has 0 aromatic heterocycles. The highest BCUT2D eigenvalue weighted by molar-refractivity contribution is 5.85. The summed E-state index contributed by atoms with van der Waals surface area (Å²) in [5.74, 6) is -0.373.